The summed E-state index contributed by atoms with van der Waals surface area (Å²) < 4.78 is 0. The summed E-state index contributed by atoms with van der Waals surface area (Å²) in [5, 5.41) is 7.73. The van der Waals surface area contributed by atoms with E-state index < -0.39 is 0 Å². The molecule has 0 saturated heterocycles. The summed E-state index contributed by atoms with van der Waals surface area (Å²) in [6.45, 7) is 1.05. The van der Waals surface area contributed by atoms with Gasteiger partial charge in [-0.3, -0.25) is 10.1 Å². The van der Waals surface area contributed by atoms with E-state index in [0.717, 1.165) is 0 Å². The number of aromatic nitrogens is 1. The number of carbonyl (C=O) groups excluding carboxylic acids is 2. The second-order valence-corrected chi connectivity index (χ2v) is 3.02. The van der Waals surface area contributed by atoms with Crippen molar-refractivity contribution in [2.24, 2.45) is 0 Å². The van der Waals surface area contributed by atoms with Crippen LogP contribution in [0.3, 0.4) is 0 Å². The Morgan fingerprint density at radius 1 is 1.38 bits per heavy atom. The van der Waals surface area contributed by atoms with E-state index >= 15 is 0 Å². The largest absolute Gasteiger partial charge is 0.359 e. The molecule has 1 heterocycles. The van der Waals surface area contributed by atoms with Crippen LogP contribution in [0, 0.1) is 0 Å². The molecule has 6 nitrogen and oxygen atoms in total. The average Bonchev–Trinajstić information content (AvgIpc) is 2.30. The van der Waals surface area contributed by atoms with Crippen LogP contribution in [0.2, 0.25) is 0 Å². The minimum Gasteiger partial charge on any atom is -0.359 e. The number of rotatable bonds is 6. The Balaban J connectivity index is 2.14. The molecule has 1 aromatic rings. The highest BCUT2D eigenvalue weighted by Crippen LogP contribution is 1.98. The lowest BCUT2D eigenvalue weighted by Gasteiger charge is -2.06. The van der Waals surface area contributed by atoms with Gasteiger partial charge in [0.2, 0.25) is 6.41 Å². The Labute approximate surface area is 93.4 Å². The maximum Gasteiger partial charge on any atom is 0.320 e. The maximum absolute atomic E-state index is 11.3. The molecule has 0 aromatic carbocycles. The fourth-order valence-corrected chi connectivity index (χ4v) is 1.05. The van der Waals surface area contributed by atoms with Gasteiger partial charge in [0.1, 0.15) is 5.82 Å². The van der Waals surface area contributed by atoms with Gasteiger partial charge in [-0.15, -0.1) is 0 Å². The molecule has 1 rings (SSSR count). The summed E-state index contributed by atoms with van der Waals surface area (Å²) >= 11 is 0. The first-order valence-corrected chi connectivity index (χ1v) is 4.96. The summed E-state index contributed by atoms with van der Waals surface area (Å²) in [7, 11) is 0. The molecule has 0 bridgehead atoms. The van der Waals surface area contributed by atoms with Gasteiger partial charge in [0.15, 0.2) is 0 Å². The van der Waals surface area contributed by atoms with Gasteiger partial charge in [-0.05, 0) is 18.6 Å². The van der Waals surface area contributed by atoms with E-state index in [4.69, 9.17) is 0 Å². The van der Waals surface area contributed by atoms with Crippen LogP contribution in [0.4, 0.5) is 10.6 Å². The van der Waals surface area contributed by atoms with E-state index in [9.17, 15) is 9.59 Å². The van der Waals surface area contributed by atoms with Crippen LogP contribution in [0.1, 0.15) is 6.42 Å². The van der Waals surface area contributed by atoms with Crippen molar-refractivity contribution in [1.29, 1.82) is 0 Å². The monoisotopic (exact) mass is 222 g/mol. The number of hydrogen-bond acceptors (Lipinski definition) is 3. The first kappa shape index (κ1) is 12.0. The third-order valence-corrected chi connectivity index (χ3v) is 1.77. The first-order chi connectivity index (χ1) is 7.83. The normalized spacial score (nSPS) is 9.25. The van der Waals surface area contributed by atoms with Crippen molar-refractivity contribution in [3.05, 3.63) is 24.4 Å². The van der Waals surface area contributed by atoms with Gasteiger partial charge in [-0.25, -0.2) is 9.78 Å². The van der Waals surface area contributed by atoms with Crippen molar-refractivity contribution < 1.29 is 9.59 Å². The van der Waals surface area contributed by atoms with Crippen molar-refractivity contribution >= 4 is 18.3 Å². The molecule has 0 unspecified atom stereocenters. The Kier molecular flexibility index (Phi) is 5.40. The van der Waals surface area contributed by atoms with E-state index in [2.05, 4.69) is 20.9 Å². The van der Waals surface area contributed by atoms with Gasteiger partial charge in [0.05, 0.1) is 0 Å². The minimum atomic E-state index is -0.301. The van der Waals surface area contributed by atoms with Crippen LogP contribution in [-0.2, 0) is 4.79 Å². The molecule has 86 valence electrons. The second kappa shape index (κ2) is 7.22. The fraction of sp³-hybridized carbons (Fsp3) is 0.300. The van der Waals surface area contributed by atoms with Crippen molar-refractivity contribution in [2.45, 2.75) is 6.42 Å². The Morgan fingerprint density at radius 2 is 2.25 bits per heavy atom. The summed E-state index contributed by atoms with van der Waals surface area (Å²) in [6.07, 6.45) is 2.92. The quantitative estimate of drug-likeness (QED) is 0.479. The smallest absolute Gasteiger partial charge is 0.320 e. The number of pyridine rings is 1. The second-order valence-electron chi connectivity index (χ2n) is 3.02. The third-order valence-electron chi connectivity index (χ3n) is 1.77. The van der Waals surface area contributed by atoms with Gasteiger partial charge >= 0.3 is 6.03 Å². The van der Waals surface area contributed by atoms with Crippen LogP contribution < -0.4 is 16.0 Å². The predicted molar refractivity (Wildman–Crippen MR) is 59.9 cm³/mol. The number of hydrogen-bond donors (Lipinski definition) is 3. The molecule has 0 atom stereocenters. The number of anilines is 1. The number of carbonyl (C=O) groups is 2. The van der Waals surface area contributed by atoms with E-state index in [1.807, 2.05) is 0 Å². The Morgan fingerprint density at radius 3 is 2.94 bits per heavy atom. The minimum absolute atomic E-state index is 0.301. The summed E-state index contributed by atoms with van der Waals surface area (Å²) in [6, 6.07) is 4.96. The van der Waals surface area contributed by atoms with Crippen molar-refractivity contribution in [3.8, 4) is 0 Å². The zero-order valence-corrected chi connectivity index (χ0v) is 8.77. The van der Waals surface area contributed by atoms with E-state index in [-0.39, 0.29) is 6.03 Å². The van der Waals surface area contributed by atoms with Crippen LogP contribution >= 0.6 is 0 Å². The molecule has 0 aliphatic rings. The van der Waals surface area contributed by atoms with Crippen LogP contribution in [0.5, 0.6) is 0 Å². The molecular weight excluding hydrogens is 208 g/mol. The number of nitrogens with one attached hydrogen (secondary N) is 3. The van der Waals surface area contributed by atoms with Crippen molar-refractivity contribution in [1.82, 2.24) is 15.6 Å². The molecule has 0 aliphatic carbocycles. The molecule has 0 saturated carbocycles. The van der Waals surface area contributed by atoms with Crippen molar-refractivity contribution in [2.75, 3.05) is 18.4 Å². The summed E-state index contributed by atoms with van der Waals surface area (Å²) in [4.78, 5) is 25.2. The van der Waals surface area contributed by atoms with E-state index in [0.29, 0.717) is 31.7 Å². The van der Waals surface area contributed by atoms with Gasteiger partial charge in [0, 0.05) is 19.3 Å². The van der Waals surface area contributed by atoms with E-state index in [1.54, 1.807) is 24.4 Å². The molecule has 16 heavy (non-hydrogen) atoms. The third kappa shape index (κ3) is 4.94. The highest BCUT2D eigenvalue weighted by atomic mass is 16.2. The van der Waals surface area contributed by atoms with E-state index in [1.165, 1.54) is 0 Å². The standard InChI is InChI=1S/C10H14N4O2/c15-8-11-5-3-7-13-10(16)14-9-4-1-2-6-12-9/h1-2,4,6,8H,3,5,7H2,(H,11,15)(H2,12,13,14,16). The lowest BCUT2D eigenvalue weighted by atomic mass is 10.4. The van der Waals surface area contributed by atoms with Gasteiger partial charge in [-0.1, -0.05) is 6.07 Å². The SMILES string of the molecule is O=CNCCCNC(=O)Nc1ccccn1. The average molecular weight is 222 g/mol. The number of urea groups is 1. The molecular formula is C10H14N4O2. The lowest BCUT2D eigenvalue weighted by molar-refractivity contribution is -0.109. The molecule has 0 spiro atoms. The highest BCUT2D eigenvalue weighted by Gasteiger charge is 1.99. The molecule has 6 heteroatoms. The Hall–Kier alpha value is -2.11. The number of nitrogens with zero attached hydrogens (tertiary/aromatic N) is 1. The lowest BCUT2D eigenvalue weighted by Crippen LogP contribution is -2.31. The van der Waals surface area contributed by atoms with Crippen LogP contribution in [0.25, 0.3) is 0 Å². The predicted octanol–water partition coefficient (Wildman–Crippen LogP) is 0.339. The molecule has 0 fully saturated rings. The molecule has 0 aliphatic heterocycles. The van der Waals surface area contributed by atoms with Crippen LogP contribution in [0.15, 0.2) is 24.4 Å². The first-order valence-electron chi connectivity index (χ1n) is 4.96. The van der Waals surface area contributed by atoms with Crippen LogP contribution in [-0.4, -0.2) is 30.5 Å². The molecule has 0 radical (unpaired) electrons. The van der Waals surface area contributed by atoms with Crippen molar-refractivity contribution in [3.63, 3.8) is 0 Å². The zero-order valence-electron chi connectivity index (χ0n) is 8.77. The van der Waals surface area contributed by atoms with Gasteiger partial charge in [-0.2, -0.15) is 0 Å². The summed E-state index contributed by atoms with van der Waals surface area (Å²) in [5.41, 5.74) is 0. The molecule has 1 aromatic heterocycles. The summed E-state index contributed by atoms with van der Waals surface area (Å²) in [5.74, 6) is 0.506. The van der Waals surface area contributed by atoms with Gasteiger partial charge < -0.3 is 10.6 Å². The molecule has 3 N–H and O–H groups in total. The highest BCUT2D eigenvalue weighted by molar-refractivity contribution is 5.88. The topological polar surface area (TPSA) is 83.1 Å². The fourth-order valence-electron chi connectivity index (χ4n) is 1.05. The zero-order chi connectivity index (χ0) is 11.6. The van der Waals surface area contributed by atoms with Gasteiger partial charge in [0.25, 0.3) is 0 Å². The molecule has 3 amide bonds. The Bertz CT molecular complexity index is 329. The maximum atomic E-state index is 11.3. The number of amides is 3.